The normalized spacial score (nSPS) is 18.9. The van der Waals surface area contributed by atoms with Crippen LogP contribution in [0, 0.1) is 0 Å². The smallest absolute Gasteiger partial charge is 0.405 e. The van der Waals surface area contributed by atoms with Crippen molar-refractivity contribution >= 4 is 17.5 Å². The summed E-state index contributed by atoms with van der Waals surface area (Å²) in [5.74, 6) is -0.0242. The molecule has 1 saturated heterocycles. The molecule has 0 aliphatic carbocycles. The van der Waals surface area contributed by atoms with Crippen molar-refractivity contribution < 1.29 is 27.4 Å². The highest BCUT2D eigenvalue weighted by Crippen LogP contribution is 2.39. The number of carbonyl (C=O) groups is 1. The monoisotopic (exact) mass is 379 g/mol. The second-order valence-corrected chi connectivity index (χ2v) is 6.15. The number of carbonyl (C=O) groups excluding carboxylic acids is 1. The predicted molar refractivity (Wildman–Crippen MR) is 84.2 cm³/mol. The molecule has 1 amide bonds. The minimum atomic E-state index is -4.43. The fourth-order valence-corrected chi connectivity index (χ4v) is 3.10. The quantitative estimate of drug-likeness (QED) is 0.832. The lowest BCUT2D eigenvalue weighted by Crippen LogP contribution is -2.57. The van der Waals surface area contributed by atoms with Crippen molar-refractivity contribution in [3.8, 4) is 11.5 Å². The largest absolute Gasteiger partial charge is 0.454 e. The van der Waals surface area contributed by atoms with Crippen LogP contribution >= 0.6 is 11.6 Å². The highest BCUT2D eigenvalue weighted by atomic mass is 35.5. The lowest BCUT2D eigenvalue weighted by atomic mass is 10.1. The Balaban J connectivity index is 1.68. The molecule has 2 aliphatic heterocycles. The van der Waals surface area contributed by atoms with Crippen molar-refractivity contribution in [2.45, 2.75) is 12.2 Å². The molecular formula is C15H17ClF3N3O3. The number of piperazine rings is 1. The van der Waals surface area contributed by atoms with Gasteiger partial charge in [-0.05, 0) is 12.1 Å². The van der Waals surface area contributed by atoms with Gasteiger partial charge in [0.25, 0.3) is 5.91 Å². The second-order valence-electron chi connectivity index (χ2n) is 5.75. The van der Waals surface area contributed by atoms with Crippen molar-refractivity contribution in [1.29, 1.82) is 0 Å². The number of nitrogens with one attached hydrogen (secondary N) is 2. The summed E-state index contributed by atoms with van der Waals surface area (Å²) in [5, 5.41) is 5.53. The number of nitrogens with zero attached hydrogens (tertiary/aromatic N) is 1. The second kappa shape index (κ2) is 7.27. The van der Waals surface area contributed by atoms with Crippen molar-refractivity contribution in [3.63, 3.8) is 0 Å². The van der Waals surface area contributed by atoms with E-state index in [4.69, 9.17) is 21.1 Å². The first-order chi connectivity index (χ1) is 11.9. The van der Waals surface area contributed by atoms with Crippen LogP contribution in [0.3, 0.4) is 0 Å². The molecule has 2 aliphatic rings. The van der Waals surface area contributed by atoms with Gasteiger partial charge in [0.15, 0.2) is 11.5 Å². The zero-order chi connectivity index (χ0) is 18.0. The van der Waals surface area contributed by atoms with Crippen LogP contribution in [0.5, 0.6) is 11.5 Å². The number of rotatable bonds is 4. The van der Waals surface area contributed by atoms with Crippen LogP contribution < -0.4 is 20.1 Å². The maximum absolute atomic E-state index is 13.3. The first kappa shape index (κ1) is 18.1. The number of benzene rings is 1. The molecule has 1 atom stereocenters. The van der Waals surface area contributed by atoms with Gasteiger partial charge >= 0.3 is 6.18 Å². The molecule has 3 rings (SSSR count). The molecule has 0 spiro atoms. The fraction of sp³-hybridized carbons (Fsp3) is 0.533. The van der Waals surface area contributed by atoms with E-state index < -0.39 is 24.7 Å². The molecule has 0 aromatic heterocycles. The minimum absolute atomic E-state index is 0.0146. The first-order valence-corrected chi connectivity index (χ1v) is 8.13. The van der Waals surface area contributed by atoms with E-state index in [0.29, 0.717) is 24.6 Å². The third-order valence-electron chi connectivity index (χ3n) is 4.12. The van der Waals surface area contributed by atoms with Crippen LogP contribution in [0.2, 0.25) is 5.02 Å². The summed E-state index contributed by atoms with van der Waals surface area (Å²) >= 11 is 6.00. The van der Waals surface area contributed by atoms with E-state index >= 15 is 0 Å². The first-order valence-electron chi connectivity index (χ1n) is 7.75. The Hall–Kier alpha value is -1.71. The van der Waals surface area contributed by atoms with Crippen molar-refractivity contribution in [1.82, 2.24) is 15.5 Å². The predicted octanol–water partition coefficient (Wildman–Crippen LogP) is 1.63. The van der Waals surface area contributed by atoms with Crippen LogP contribution in [-0.2, 0) is 0 Å². The third kappa shape index (κ3) is 4.10. The van der Waals surface area contributed by atoms with Gasteiger partial charge in [-0.25, -0.2) is 0 Å². The Morgan fingerprint density at radius 3 is 2.72 bits per heavy atom. The standard InChI is InChI=1S/C15H17ClF3N3O3/c16-10-5-9(6-11-13(10)25-8-24-11)14(23)21-7-12(15(17,18)19)22-3-1-20-2-4-22/h5-6,12,20H,1-4,7-8H2,(H,21,23). The molecule has 10 heteroatoms. The summed E-state index contributed by atoms with van der Waals surface area (Å²) in [5.41, 5.74) is 0.121. The molecule has 2 N–H and O–H groups in total. The molecule has 6 nitrogen and oxygen atoms in total. The summed E-state index contributed by atoms with van der Waals surface area (Å²) in [6.45, 7) is 0.968. The van der Waals surface area contributed by atoms with Gasteiger partial charge in [0.1, 0.15) is 6.04 Å². The zero-order valence-electron chi connectivity index (χ0n) is 13.2. The summed E-state index contributed by atoms with van der Waals surface area (Å²) in [7, 11) is 0. The molecule has 1 fully saturated rings. The van der Waals surface area contributed by atoms with Crippen molar-refractivity contribution in [3.05, 3.63) is 22.7 Å². The zero-order valence-corrected chi connectivity index (χ0v) is 13.9. The highest BCUT2D eigenvalue weighted by molar-refractivity contribution is 6.32. The van der Waals surface area contributed by atoms with Crippen molar-refractivity contribution in [2.24, 2.45) is 0 Å². The summed E-state index contributed by atoms with van der Waals surface area (Å²) < 4.78 is 50.3. The van der Waals surface area contributed by atoms with E-state index in [9.17, 15) is 18.0 Å². The molecule has 2 heterocycles. The van der Waals surface area contributed by atoms with E-state index in [1.807, 2.05) is 0 Å². The van der Waals surface area contributed by atoms with Gasteiger partial charge < -0.3 is 20.1 Å². The maximum atomic E-state index is 13.3. The van der Waals surface area contributed by atoms with Gasteiger partial charge in [-0.2, -0.15) is 13.2 Å². The molecule has 0 saturated carbocycles. The van der Waals surface area contributed by atoms with E-state index in [-0.39, 0.29) is 30.5 Å². The van der Waals surface area contributed by atoms with Crippen LogP contribution in [0.25, 0.3) is 0 Å². The number of hydrogen-bond acceptors (Lipinski definition) is 5. The summed E-state index contributed by atoms with van der Waals surface area (Å²) in [6, 6.07) is 1.01. The molecule has 0 bridgehead atoms. The average molecular weight is 380 g/mol. The van der Waals surface area contributed by atoms with E-state index in [0.717, 1.165) is 0 Å². The Morgan fingerprint density at radius 2 is 2.04 bits per heavy atom. The van der Waals surface area contributed by atoms with E-state index in [2.05, 4.69) is 10.6 Å². The molecule has 25 heavy (non-hydrogen) atoms. The number of ether oxygens (including phenoxy) is 2. The van der Waals surface area contributed by atoms with E-state index in [1.165, 1.54) is 17.0 Å². The van der Waals surface area contributed by atoms with Gasteiger partial charge in [-0.15, -0.1) is 0 Å². The van der Waals surface area contributed by atoms with Gasteiger partial charge in [0.2, 0.25) is 6.79 Å². The van der Waals surface area contributed by atoms with Crippen LogP contribution in [0.4, 0.5) is 13.2 Å². The van der Waals surface area contributed by atoms with Crippen molar-refractivity contribution in [2.75, 3.05) is 39.5 Å². The van der Waals surface area contributed by atoms with Crippen LogP contribution in [0.1, 0.15) is 10.4 Å². The number of amides is 1. The minimum Gasteiger partial charge on any atom is -0.454 e. The Labute approximate surface area is 147 Å². The summed E-state index contributed by atoms with van der Waals surface area (Å²) in [4.78, 5) is 13.6. The highest BCUT2D eigenvalue weighted by Gasteiger charge is 2.43. The fourth-order valence-electron chi connectivity index (χ4n) is 2.84. The SMILES string of the molecule is O=C(NCC(N1CCNCC1)C(F)(F)F)c1cc(Cl)c2c(c1)OCO2. The topological polar surface area (TPSA) is 62.8 Å². The molecule has 1 aromatic carbocycles. The lowest BCUT2D eigenvalue weighted by Gasteiger charge is -2.35. The Bertz CT molecular complexity index is 651. The van der Waals surface area contributed by atoms with Gasteiger partial charge in [-0.3, -0.25) is 9.69 Å². The summed E-state index contributed by atoms with van der Waals surface area (Å²) in [6.07, 6.45) is -4.43. The van der Waals surface area contributed by atoms with E-state index in [1.54, 1.807) is 0 Å². The molecule has 0 radical (unpaired) electrons. The van der Waals surface area contributed by atoms with Gasteiger partial charge in [-0.1, -0.05) is 11.6 Å². The van der Waals surface area contributed by atoms with Gasteiger partial charge in [0.05, 0.1) is 5.02 Å². The molecule has 1 aromatic rings. The molecule has 1 unspecified atom stereocenters. The number of halogens is 4. The Morgan fingerprint density at radius 1 is 1.32 bits per heavy atom. The third-order valence-corrected chi connectivity index (χ3v) is 4.40. The Kier molecular flexibility index (Phi) is 5.26. The van der Waals surface area contributed by atoms with Gasteiger partial charge in [0, 0.05) is 38.3 Å². The number of alkyl halides is 3. The lowest BCUT2D eigenvalue weighted by molar-refractivity contribution is -0.183. The molecular weight excluding hydrogens is 363 g/mol. The maximum Gasteiger partial charge on any atom is 0.405 e. The average Bonchev–Trinajstić information content (AvgIpc) is 3.03. The number of fused-ring (bicyclic) bond motifs is 1. The molecule has 138 valence electrons. The van der Waals surface area contributed by atoms with Crippen LogP contribution in [0.15, 0.2) is 12.1 Å². The number of hydrogen-bond donors (Lipinski definition) is 2. The van der Waals surface area contributed by atoms with Crippen LogP contribution in [-0.4, -0.2) is 62.5 Å².